The van der Waals surface area contributed by atoms with E-state index in [9.17, 15) is 0 Å². The molecule has 0 saturated heterocycles. The minimum atomic E-state index is 0.0827. The molecule has 1 aromatic heterocycles. The van der Waals surface area contributed by atoms with Crippen LogP contribution in [0.5, 0.6) is 0 Å². The van der Waals surface area contributed by atoms with E-state index in [2.05, 4.69) is 10.3 Å². The lowest BCUT2D eigenvalue weighted by Crippen LogP contribution is -1.83. The molecule has 3 nitrogen and oxygen atoms in total. The first kappa shape index (κ1) is 6.51. The molecule has 0 atom stereocenters. The van der Waals surface area contributed by atoms with E-state index in [0.29, 0.717) is 0 Å². The summed E-state index contributed by atoms with van der Waals surface area (Å²) in [5.41, 5.74) is 0. The van der Waals surface area contributed by atoms with Crippen LogP contribution in [0.4, 0.5) is 5.13 Å². The monoisotopic (exact) mass is 144 g/mol. The number of thiazole rings is 1. The van der Waals surface area contributed by atoms with Gasteiger partial charge in [-0.3, -0.25) is 0 Å². The number of aromatic nitrogens is 1. The zero-order valence-electron chi connectivity index (χ0n) is 5.09. The SMILES string of the molecule is CNc1ncc(CO)s1. The van der Waals surface area contributed by atoms with E-state index in [0.717, 1.165) is 10.0 Å². The third-order valence-corrected chi connectivity index (χ3v) is 1.92. The van der Waals surface area contributed by atoms with Crippen LogP contribution in [-0.2, 0) is 6.61 Å². The van der Waals surface area contributed by atoms with Crippen molar-refractivity contribution in [2.24, 2.45) is 0 Å². The Morgan fingerprint density at radius 1 is 1.89 bits per heavy atom. The quantitative estimate of drug-likeness (QED) is 0.641. The largest absolute Gasteiger partial charge is 0.391 e. The predicted molar refractivity (Wildman–Crippen MR) is 37.6 cm³/mol. The molecule has 4 heteroatoms. The molecule has 1 heterocycles. The number of nitrogens with one attached hydrogen (secondary N) is 1. The number of anilines is 1. The van der Waals surface area contributed by atoms with Crippen molar-refractivity contribution >= 4 is 16.5 Å². The van der Waals surface area contributed by atoms with E-state index in [4.69, 9.17) is 5.11 Å². The van der Waals surface area contributed by atoms with Gasteiger partial charge in [0.2, 0.25) is 0 Å². The fourth-order valence-corrected chi connectivity index (χ4v) is 1.12. The summed E-state index contributed by atoms with van der Waals surface area (Å²) in [6.45, 7) is 0.0827. The molecule has 0 radical (unpaired) electrons. The number of rotatable bonds is 2. The molecule has 0 bridgehead atoms. The number of hydrogen-bond acceptors (Lipinski definition) is 4. The van der Waals surface area contributed by atoms with Crippen molar-refractivity contribution in [3.05, 3.63) is 11.1 Å². The normalized spacial score (nSPS) is 9.56. The van der Waals surface area contributed by atoms with Crippen LogP contribution in [0.2, 0.25) is 0 Å². The second-order valence-corrected chi connectivity index (χ2v) is 2.66. The van der Waals surface area contributed by atoms with Gasteiger partial charge in [-0.2, -0.15) is 0 Å². The average molecular weight is 144 g/mol. The van der Waals surface area contributed by atoms with E-state index in [1.165, 1.54) is 11.3 Å². The Balaban J connectivity index is 2.74. The summed E-state index contributed by atoms with van der Waals surface area (Å²) in [6.07, 6.45) is 1.66. The Morgan fingerprint density at radius 2 is 2.67 bits per heavy atom. The third-order valence-electron chi connectivity index (χ3n) is 0.923. The number of hydrogen-bond donors (Lipinski definition) is 2. The maximum atomic E-state index is 8.59. The molecule has 9 heavy (non-hydrogen) atoms. The van der Waals surface area contributed by atoms with Gasteiger partial charge in [-0.25, -0.2) is 4.98 Å². The van der Waals surface area contributed by atoms with Gasteiger partial charge in [0.1, 0.15) is 0 Å². The summed E-state index contributed by atoms with van der Waals surface area (Å²) in [4.78, 5) is 4.84. The summed E-state index contributed by atoms with van der Waals surface area (Å²) in [7, 11) is 1.81. The Bertz CT molecular complexity index is 168. The first-order valence-electron chi connectivity index (χ1n) is 2.60. The Kier molecular flexibility index (Phi) is 2.02. The molecule has 1 aromatic rings. The van der Waals surface area contributed by atoms with Gasteiger partial charge in [0, 0.05) is 13.2 Å². The van der Waals surface area contributed by atoms with Crippen molar-refractivity contribution in [2.45, 2.75) is 6.61 Å². The van der Waals surface area contributed by atoms with E-state index in [1.54, 1.807) is 13.2 Å². The zero-order chi connectivity index (χ0) is 6.69. The van der Waals surface area contributed by atoms with Crippen LogP contribution >= 0.6 is 11.3 Å². The molecule has 0 fully saturated rings. The fraction of sp³-hybridized carbons (Fsp3) is 0.400. The Morgan fingerprint density at radius 3 is 3.00 bits per heavy atom. The molecule has 1 rings (SSSR count). The molecule has 0 aliphatic carbocycles. The van der Waals surface area contributed by atoms with Gasteiger partial charge in [-0.1, -0.05) is 11.3 Å². The molecule has 0 aliphatic heterocycles. The van der Waals surface area contributed by atoms with Crippen molar-refractivity contribution in [3.63, 3.8) is 0 Å². The molecular formula is C5H8N2OS. The van der Waals surface area contributed by atoms with Gasteiger partial charge in [0.15, 0.2) is 5.13 Å². The molecule has 50 valence electrons. The smallest absolute Gasteiger partial charge is 0.182 e. The van der Waals surface area contributed by atoms with Gasteiger partial charge in [-0.05, 0) is 0 Å². The van der Waals surface area contributed by atoms with Crippen LogP contribution in [0.3, 0.4) is 0 Å². The van der Waals surface area contributed by atoms with Crippen molar-refractivity contribution in [1.29, 1.82) is 0 Å². The highest BCUT2D eigenvalue weighted by Gasteiger charge is 1.95. The zero-order valence-corrected chi connectivity index (χ0v) is 5.90. The lowest BCUT2D eigenvalue weighted by molar-refractivity contribution is 0.285. The lowest BCUT2D eigenvalue weighted by atomic mass is 10.6. The topological polar surface area (TPSA) is 45.2 Å². The lowest BCUT2D eigenvalue weighted by Gasteiger charge is -1.85. The predicted octanol–water partition coefficient (Wildman–Crippen LogP) is 0.677. The summed E-state index contributed by atoms with van der Waals surface area (Å²) in [5.74, 6) is 0. The first-order chi connectivity index (χ1) is 4.36. The highest BCUT2D eigenvalue weighted by atomic mass is 32.1. The minimum Gasteiger partial charge on any atom is -0.391 e. The maximum Gasteiger partial charge on any atom is 0.182 e. The highest BCUT2D eigenvalue weighted by Crippen LogP contribution is 2.16. The standard InChI is InChI=1S/C5H8N2OS/c1-6-5-7-2-4(3-8)9-5/h2,8H,3H2,1H3,(H,6,7). The molecule has 0 aliphatic rings. The summed E-state index contributed by atoms with van der Waals surface area (Å²) in [6, 6.07) is 0. The molecular weight excluding hydrogens is 136 g/mol. The van der Waals surface area contributed by atoms with Crippen molar-refractivity contribution in [1.82, 2.24) is 4.98 Å². The average Bonchev–Trinajstić information content (AvgIpc) is 2.34. The van der Waals surface area contributed by atoms with Gasteiger partial charge < -0.3 is 10.4 Å². The molecule has 0 unspecified atom stereocenters. The summed E-state index contributed by atoms with van der Waals surface area (Å²) < 4.78 is 0. The minimum absolute atomic E-state index is 0.0827. The van der Waals surface area contributed by atoms with Crippen molar-refractivity contribution in [2.75, 3.05) is 12.4 Å². The van der Waals surface area contributed by atoms with Gasteiger partial charge in [-0.15, -0.1) is 0 Å². The van der Waals surface area contributed by atoms with Gasteiger partial charge >= 0.3 is 0 Å². The number of nitrogens with zero attached hydrogens (tertiary/aromatic N) is 1. The van der Waals surface area contributed by atoms with Crippen molar-refractivity contribution < 1.29 is 5.11 Å². The third kappa shape index (κ3) is 1.40. The van der Waals surface area contributed by atoms with E-state index >= 15 is 0 Å². The molecule has 0 spiro atoms. The summed E-state index contributed by atoms with van der Waals surface area (Å²) in [5, 5.41) is 12.3. The summed E-state index contributed by atoms with van der Waals surface area (Å²) >= 11 is 1.46. The van der Waals surface area contributed by atoms with E-state index in [-0.39, 0.29) is 6.61 Å². The second-order valence-electron chi connectivity index (χ2n) is 1.54. The fourth-order valence-electron chi connectivity index (χ4n) is 0.496. The number of aliphatic hydroxyl groups excluding tert-OH is 1. The van der Waals surface area contributed by atoms with Gasteiger partial charge in [0.25, 0.3) is 0 Å². The Labute approximate surface area is 57.4 Å². The molecule has 0 amide bonds. The molecule has 0 saturated carbocycles. The molecule has 2 N–H and O–H groups in total. The first-order valence-corrected chi connectivity index (χ1v) is 3.42. The van der Waals surface area contributed by atoms with Crippen LogP contribution in [0.1, 0.15) is 4.88 Å². The van der Waals surface area contributed by atoms with Crippen molar-refractivity contribution in [3.8, 4) is 0 Å². The van der Waals surface area contributed by atoms with Crippen LogP contribution in [0.25, 0.3) is 0 Å². The van der Waals surface area contributed by atoms with E-state index in [1.807, 2.05) is 0 Å². The Hall–Kier alpha value is -0.610. The van der Waals surface area contributed by atoms with Crippen LogP contribution < -0.4 is 5.32 Å². The van der Waals surface area contributed by atoms with Crippen LogP contribution in [0, 0.1) is 0 Å². The van der Waals surface area contributed by atoms with Crippen LogP contribution in [0.15, 0.2) is 6.20 Å². The van der Waals surface area contributed by atoms with Gasteiger partial charge in [0.05, 0.1) is 11.5 Å². The highest BCUT2D eigenvalue weighted by molar-refractivity contribution is 7.15. The molecule has 0 aromatic carbocycles. The maximum absolute atomic E-state index is 8.59. The second kappa shape index (κ2) is 2.80. The van der Waals surface area contributed by atoms with E-state index < -0.39 is 0 Å². The number of aliphatic hydroxyl groups is 1. The van der Waals surface area contributed by atoms with Crippen LogP contribution in [-0.4, -0.2) is 17.1 Å².